The van der Waals surface area contributed by atoms with Gasteiger partial charge >= 0.3 is 11.9 Å². The number of phenols is 1. The lowest BCUT2D eigenvalue weighted by Crippen LogP contribution is -2.62. The molecule has 0 bridgehead atoms. The van der Waals surface area contributed by atoms with Crippen molar-refractivity contribution in [3.63, 3.8) is 0 Å². The van der Waals surface area contributed by atoms with Crippen molar-refractivity contribution in [1.29, 1.82) is 0 Å². The molecule has 1 aliphatic heterocycles. The molecule has 1 saturated heterocycles. The Morgan fingerprint density at radius 2 is 1.04 bits per heavy atom. The van der Waals surface area contributed by atoms with E-state index in [0.29, 0.717) is 18.4 Å². The fourth-order valence-corrected chi connectivity index (χ4v) is 12.2. The van der Waals surface area contributed by atoms with Crippen LogP contribution in [0.15, 0.2) is 24.3 Å². The van der Waals surface area contributed by atoms with E-state index < -0.39 is 191 Å². The van der Waals surface area contributed by atoms with Crippen molar-refractivity contribution < 1.29 is 87.5 Å². The number of carboxylic acids is 2. The number of hydrogen-bond donors (Lipinski definition) is 19. The number of unbranched alkanes of at least 4 members (excludes halogenated alkanes) is 2. The summed E-state index contributed by atoms with van der Waals surface area (Å²) in [7, 11) is 1.89. The SMILES string of the molecule is CC[C@H](C)[C@@H]1NC(=O)[C@H](N)C(C)(C)SSC[C@@H](C(=O)O)NC(=O)[C@H](CC(C)C)NC(=O)[C@H](C(C)C)NC(=O)[C@H](CC(N)=O)NC(=O)[C@H](CCCCN)NC(=O)CNC(=O)[C@H](CCCCN)NC(=O)[C@H]([C@@H](C)O)NC(=O)[C@H](CC(=O)O)NC(=O)[C@H](Cc2ccc(O)cc2)NC1=O. The summed E-state index contributed by atoms with van der Waals surface area (Å²) in [5.41, 5.74) is 23.8. The summed E-state index contributed by atoms with van der Waals surface area (Å²) in [6.45, 7) is 13.5. The lowest BCUT2D eigenvalue weighted by molar-refractivity contribution is -0.142. The highest BCUT2D eigenvalue weighted by atomic mass is 33.1. The highest BCUT2D eigenvalue weighted by Crippen LogP contribution is 2.38. The number of hydrogen-bond acceptors (Lipinski definition) is 21. The molecule has 1 fully saturated rings. The standard InChI is InChI=1S/C60H99N15O18S2/c1-10-31(6)46-56(89)71-38(24-33-17-19-34(77)20-18-33)52(85)69-40(26-44(80)81)54(87)75-47(32(7)76)57(90)67-35(15-11-13-21-61)49(82)65-27-43(79)66-36(16-12-14-22-62)50(83)68-39(25-42(63)78)53(86)73-45(30(4)5)55(88)70-37(23-29(2)3)51(84)72-41(59(92)93)28-94-95-60(8,9)48(64)58(91)74-46/h17-20,29-32,35-41,45-48,76-77H,10-16,21-28,61-62,64H2,1-9H3,(H2,63,78)(H,65,82)(H,66,79)(H,67,90)(H,68,83)(H,69,85)(H,70,88)(H,71,89)(H,72,84)(H,73,86)(H,74,91)(H,75,87)(H,80,81)(H,92,93)/t31-,32+,35-,36-,37-,38-,39-,40-,41-,45-,46-,47-,48-/m0/s1. The Balaban J connectivity index is 2.84. The molecule has 12 amide bonds. The van der Waals surface area contributed by atoms with Crippen molar-refractivity contribution in [2.75, 3.05) is 25.4 Å². The summed E-state index contributed by atoms with van der Waals surface area (Å²) in [5, 5.41) is 68.2. The van der Waals surface area contributed by atoms with Gasteiger partial charge in [0.2, 0.25) is 70.9 Å². The van der Waals surface area contributed by atoms with Crippen LogP contribution in [0, 0.1) is 17.8 Å². The van der Waals surface area contributed by atoms with Gasteiger partial charge in [0.15, 0.2) is 0 Å². The lowest BCUT2D eigenvalue weighted by Gasteiger charge is -2.33. The molecule has 1 aliphatic rings. The molecule has 0 spiro atoms. The minimum absolute atomic E-state index is 0.0346. The molecule has 2 rings (SSSR count). The monoisotopic (exact) mass is 1380 g/mol. The Hall–Kier alpha value is -7.86. The average molecular weight is 1380 g/mol. The van der Waals surface area contributed by atoms with Crippen LogP contribution in [0.3, 0.4) is 0 Å². The van der Waals surface area contributed by atoms with Crippen LogP contribution in [0.1, 0.15) is 132 Å². The molecule has 0 aliphatic carbocycles. The third-order valence-corrected chi connectivity index (χ3v) is 18.6. The molecule has 534 valence electrons. The summed E-state index contributed by atoms with van der Waals surface area (Å²) in [4.78, 5) is 192. The van der Waals surface area contributed by atoms with E-state index in [9.17, 15) is 87.5 Å². The number of nitrogens with one attached hydrogen (secondary N) is 11. The minimum Gasteiger partial charge on any atom is -0.508 e. The highest BCUT2D eigenvalue weighted by molar-refractivity contribution is 8.77. The topological polar surface area (TPSA) is 556 Å². The molecule has 1 aromatic carbocycles. The summed E-state index contributed by atoms with van der Waals surface area (Å²) in [5.74, 6) is -17.8. The molecule has 33 nitrogen and oxygen atoms in total. The fraction of sp³-hybridized carbons (Fsp3) is 0.667. The van der Waals surface area contributed by atoms with Crippen LogP contribution < -0.4 is 81.4 Å². The number of amides is 12. The zero-order valence-electron chi connectivity index (χ0n) is 55.2. The van der Waals surface area contributed by atoms with Crippen LogP contribution in [0.4, 0.5) is 0 Å². The number of aliphatic carboxylic acids is 2. The van der Waals surface area contributed by atoms with E-state index in [1.54, 1.807) is 55.4 Å². The predicted octanol–water partition coefficient (Wildman–Crippen LogP) is -3.78. The molecule has 0 radical (unpaired) electrons. The second kappa shape index (κ2) is 41.2. The molecule has 13 atom stereocenters. The van der Waals surface area contributed by atoms with Crippen LogP contribution in [0.5, 0.6) is 5.75 Å². The van der Waals surface area contributed by atoms with Gasteiger partial charge in [0.05, 0.1) is 31.5 Å². The van der Waals surface area contributed by atoms with E-state index in [-0.39, 0.29) is 75.5 Å². The van der Waals surface area contributed by atoms with Gasteiger partial charge in [0, 0.05) is 16.9 Å². The third kappa shape index (κ3) is 29.4. The number of rotatable bonds is 21. The summed E-state index contributed by atoms with van der Waals surface area (Å²) >= 11 is 0. The number of nitrogens with two attached hydrogens (primary N) is 4. The number of phenolic OH excluding ortho intramolecular Hbond substituents is 1. The summed E-state index contributed by atoms with van der Waals surface area (Å²) in [6, 6.07) is -12.3. The van der Waals surface area contributed by atoms with Crippen molar-refractivity contribution in [3.05, 3.63) is 29.8 Å². The Morgan fingerprint density at radius 3 is 1.55 bits per heavy atom. The third-order valence-electron chi connectivity index (χ3n) is 15.3. The van der Waals surface area contributed by atoms with Gasteiger partial charge in [-0.15, -0.1) is 0 Å². The second-order valence-corrected chi connectivity index (χ2v) is 27.7. The lowest BCUT2D eigenvalue weighted by atomic mass is 9.95. The fourth-order valence-electron chi connectivity index (χ4n) is 9.42. The largest absolute Gasteiger partial charge is 0.508 e. The number of primary amides is 1. The van der Waals surface area contributed by atoms with E-state index >= 15 is 0 Å². The molecular formula is C60H99N15O18S2. The van der Waals surface area contributed by atoms with E-state index in [4.69, 9.17) is 22.9 Å². The minimum atomic E-state index is -2.03. The number of benzene rings is 1. The first-order valence-corrected chi connectivity index (χ1v) is 33.7. The Kier molecular flexibility index (Phi) is 36.1. The number of carboxylic acid groups (broad SMARTS) is 2. The number of aromatic hydroxyl groups is 1. The van der Waals surface area contributed by atoms with Gasteiger partial charge in [0.25, 0.3) is 0 Å². The Morgan fingerprint density at radius 1 is 0.579 bits per heavy atom. The maximum Gasteiger partial charge on any atom is 0.327 e. The van der Waals surface area contributed by atoms with Crippen LogP contribution in [-0.4, -0.2) is 206 Å². The Bertz CT molecular complexity index is 2820. The zero-order chi connectivity index (χ0) is 72.0. The van der Waals surface area contributed by atoms with E-state index in [0.717, 1.165) is 28.5 Å². The number of aliphatic hydroxyl groups excluding tert-OH is 1. The second-order valence-electron chi connectivity index (χ2n) is 24.7. The number of carbonyl (C=O) groups is 14. The first-order valence-electron chi connectivity index (χ1n) is 31.4. The maximum atomic E-state index is 14.5. The molecule has 95 heavy (non-hydrogen) atoms. The van der Waals surface area contributed by atoms with Gasteiger partial charge in [-0.3, -0.25) is 62.3 Å². The van der Waals surface area contributed by atoms with Gasteiger partial charge in [0.1, 0.15) is 66.2 Å². The van der Waals surface area contributed by atoms with Crippen molar-refractivity contribution in [2.45, 2.75) is 210 Å². The van der Waals surface area contributed by atoms with Crippen LogP contribution in [0.25, 0.3) is 0 Å². The van der Waals surface area contributed by atoms with Crippen LogP contribution in [0.2, 0.25) is 0 Å². The van der Waals surface area contributed by atoms with Crippen molar-refractivity contribution in [1.82, 2.24) is 58.5 Å². The molecule has 0 unspecified atom stereocenters. The van der Waals surface area contributed by atoms with Gasteiger partial charge in [-0.2, -0.15) is 0 Å². The predicted molar refractivity (Wildman–Crippen MR) is 351 cm³/mol. The van der Waals surface area contributed by atoms with Gasteiger partial charge in [-0.05, 0) is 114 Å². The van der Waals surface area contributed by atoms with Crippen molar-refractivity contribution in [2.24, 2.45) is 40.7 Å². The first kappa shape index (κ1) is 83.2. The molecule has 35 heteroatoms. The normalized spacial score (nSPS) is 26.0. The highest BCUT2D eigenvalue weighted by Gasteiger charge is 2.41. The van der Waals surface area contributed by atoms with Crippen molar-refractivity contribution in [3.8, 4) is 5.75 Å². The maximum absolute atomic E-state index is 14.5. The summed E-state index contributed by atoms with van der Waals surface area (Å²) < 4.78 is -1.26. The number of carbonyl (C=O) groups excluding carboxylic acids is 12. The average Bonchev–Trinajstić information content (AvgIpc) is 0.967. The van der Waals surface area contributed by atoms with E-state index in [1.165, 1.54) is 24.3 Å². The zero-order valence-corrected chi connectivity index (χ0v) is 56.8. The Labute approximate surface area is 560 Å². The molecular weight excluding hydrogens is 1280 g/mol. The molecule has 1 aromatic rings. The molecule has 0 aromatic heterocycles. The van der Waals surface area contributed by atoms with Gasteiger partial charge in [-0.25, -0.2) is 4.79 Å². The number of aliphatic hydroxyl groups is 1. The van der Waals surface area contributed by atoms with Gasteiger partial charge in [-0.1, -0.05) is 81.7 Å². The smallest absolute Gasteiger partial charge is 0.327 e. The molecule has 0 saturated carbocycles. The van der Waals surface area contributed by atoms with E-state index in [2.05, 4.69) is 58.5 Å². The van der Waals surface area contributed by atoms with Crippen LogP contribution in [-0.2, 0) is 73.5 Å². The molecule has 23 N–H and O–H groups in total. The first-order chi connectivity index (χ1) is 44.5. The molecule has 1 heterocycles. The van der Waals surface area contributed by atoms with Crippen LogP contribution >= 0.6 is 21.6 Å². The van der Waals surface area contributed by atoms with E-state index in [1.807, 2.05) is 0 Å². The van der Waals surface area contributed by atoms with Crippen molar-refractivity contribution >= 4 is 104 Å². The van der Waals surface area contributed by atoms with Gasteiger partial charge < -0.3 is 102 Å². The quantitative estimate of drug-likeness (QED) is 0.0415. The summed E-state index contributed by atoms with van der Waals surface area (Å²) in [6.07, 6.45) is -2.99.